The van der Waals surface area contributed by atoms with E-state index in [1.54, 1.807) is 44.8 Å². The van der Waals surface area contributed by atoms with Gasteiger partial charge in [0.1, 0.15) is 34.5 Å². The molecule has 6 aromatic rings. The van der Waals surface area contributed by atoms with Crippen LogP contribution >= 0.6 is 14.7 Å². The SMILES string of the molecule is CC(C)(c1ccc(O)cc1)c1ccc(O[C@]2(C)CP2(=O)Oc2ccc(C(C)(C)c3ccc(OC(C)(C)P(C)(=O)Oc4ccc(C(C)(C)c5ccc(O)cc5)cc4)cc3)cc2)cc1. The van der Waals surface area contributed by atoms with Gasteiger partial charge in [0.15, 0.2) is 5.34 Å². The van der Waals surface area contributed by atoms with Gasteiger partial charge in [-0.15, -0.1) is 0 Å². The van der Waals surface area contributed by atoms with E-state index in [4.69, 9.17) is 18.5 Å². The molecule has 62 heavy (non-hydrogen) atoms. The number of phenolic OH excluding ortho intramolecular Hbond substituents is 2. The Morgan fingerprint density at radius 3 is 1.18 bits per heavy atom. The van der Waals surface area contributed by atoms with Crippen LogP contribution in [0.5, 0.6) is 34.5 Å². The molecule has 8 nitrogen and oxygen atoms in total. The molecule has 2 unspecified atom stereocenters. The van der Waals surface area contributed by atoms with Gasteiger partial charge in [-0.2, -0.15) is 0 Å². The molecule has 10 heteroatoms. The summed E-state index contributed by atoms with van der Waals surface area (Å²) in [5.74, 6) is 2.68. The van der Waals surface area contributed by atoms with Crippen LogP contribution in [0.1, 0.15) is 95.7 Å². The Labute approximate surface area is 366 Å². The fourth-order valence-electron chi connectivity index (χ4n) is 7.69. The van der Waals surface area contributed by atoms with Crippen LogP contribution in [0, 0.1) is 0 Å². The summed E-state index contributed by atoms with van der Waals surface area (Å²) in [6.45, 7) is 19.8. The Hall–Kier alpha value is -5.42. The molecule has 1 fully saturated rings. The topological polar surface area (TPSA) is 112 Å². The number of rotatable bonds is 15. The quantitative estimate of drug-likeness (QED) is 0.0982. The standard InChI is InChI=1S/C52H58O8P2/c1-48(2,36-11-23-42(53)24-12-36)39-17-29-45(30-18-39)58-52(9)35-62(52,56)60-47-33-21-41(22-34-47)50(5,6)38-15-27-44(28-16-38)57-51(7,8)61(10,55)59-46-31-19-40(20-32-46)49(3,4)37-13-25-43(54)26-14-37/h11-34,53-54H,35H2,1-10H3/t52-,61?,62?/m0/s1. The van der Waals surface area contributed by atoms with Crippen LogP contribution in [-0.2, 0) is 25.4 Å². The van der Waals surface area contributed by atoms with Gasteiger partial charge in [0.05, 0.1) is 6.16 Å². The molecule has 324 valence electrons. The third kappa shape index (κ3) is 8.91. The van der Waals surface area contributed by atoms with Gasteiger partial charge in [0.25, 0.3) is 14.7 Å². The van der Waals surface area contributed by atoms with Gasteiger partial charge in [-0.3, -0.25) is 9.13 Å². The summed E-state index contributed by atoms with van der Waals surface area (Å²) in [6.07, 6.45) is 0.313. The van der Waals surface area contributed by atoms with Crippen LogP contribution in [0.15, 0.2) is 146 Å². The van der Waals surface area contributed by atoms with Gasteiger partial charge < -0.3 is 28.7 Å². The van der Waals surface area contributed by atoms with E-state index in [2.05, 4.69) is 41.5 Å². The number of hydrogen-bond donors (Lipinski definition) is 2. The summed E-state index contributed by atoms with van der Waals surface area (Å²) in [6, 6.07) is 45.4. The van der Waals surface area contributed by atoms with Crippen LogP contribution in [-0.4, -0.2) is 33.7 Å². The van der Waals surface area contributed by atoms with Gasteiger partial charge in [0, 0.05) is 22.9 Å². The molecule has 0 aliphatic carbocycles. The van der Waals surface area contributed by atoms with E-state index in [9.17, 15) is 19.3 Å². The maximum absolute atomic E-state index is 14.1. The summed E-state index contributed by atoms with van der Waals surface area (Å²) in [5.41, 5.74) is 5.41. The highest BCUT2D eigenvalue weighted by Crippen LogP contribution is 2.75. The third-order valence-corrected chi connectivity index (χ3v) is 18.3. The van der Waals surface area contributed by atoms with Crippen molar-refractivity contribution in [1.82, 2.24) is 0 Å². The monoisotopic (exact) mass is 872 g/mol. The van der Waals surface area contributed by atoms with Crippen LogP contribution < -0.4 is 18.5 Å². The number of aromatic hydroxyl groups is 2. The van der Waals surface area contributed by atoms with Crippen molar-refractivity contribution in [2.75, 3.05) is 12.8 Å². The lowest BCUT2D eigenvalue weighted by atomic mass is 9.78. The first-order chi connectivity index (χ1) is 28.9. The fourth-order valence-corrected chi connectivity index (χ4v) is 10.8. The van der Waals surface area contributed by atoms with E-state index in [1.807, 2.05) is 128 Å². The minimum absolute atomic E-state index is 0.226. The molecule has 0 radical (unpaired) electrons. The summed E-state index contributed by atoms with van der Waals surface area (Å²) in [4.78, 5) is 0. The second-order valence-corrected chi connectivity index (χ2v) is 24.5. The molecule has 0 aromatic heterocycles. The molecular weight excluding hydrogens is 815 g/mol. The minimum Gasteiger partial charge on any atom is -0.508 e. The Morgan fingerprint density at radius 1 is 0.500 bits per heavy atom. The highest BCUT2D eigenvalue weighted by atomic mass is 31.2. The number of benzene rings is 6. The zero-order valence-corrected chi connectivity index (χ0v) is 39.1. The van der Waals surface area contributed by atoms with E-state index in [0.717, 1.165) is 33.4 Å². The van der Waals surface area contributed by atoms with E-state index >= 15 is 0 Å². The van der Waals surface area contributed by atoms with E-state index < -0.39 is 25.4 Å². The smallest absolute Gasteiger partial charge is 0.295 e. The molecule has 1 heterocycles. The second kappa shape index (κ2) is 16.0. The van der Waals surface area contributed by atoms with Gasteiger partial charge >= 0.3 is 0 Å². The average Bonchev–Trinajstić information content (AvgIpc) is 3.75. The lowest BCUT2D eigenvalue weighted by molar-refractivity contribution is 0.178. The second-order valence-electron chi connectivity index (χ2n) is 18.8. The highest BCUT2D eigenvalue weighted by molar-refractivity contribution is 7.69. The molecule has 1 aliphatic heterocycles. The number of hydrogen-bond acceptors (Lipinski definition) is 8. The number of phenols is 2. The summed E-state index contributed by atoms with van der Waals surface area (Å²) >= 11 is 0. The molecule has 7 rings (SSSR count). The first kappa shape index (κ1) is 44.6. The van der Waals surface area contributed by atoms with E-state index in [1.165, 1.54) is 0 Å². The maximum Gasteiger partial charge on any atom is 0.295 e. The average molecular weight is 873 g/mol. The van der Waals surface area contributed by atoms with Crippen LogP contribution in [0.3, 0.4) is 0 Å². The predicted molar refractivity (Wildman–Crippen MR) is 249 cm³/mol. The Morgan fingerprint density at radius 2 is 0.806 bits per heavy atom. The molecule has 2 N–H and O–H groups in total. The zero-order valence-electron chi connectivity index (χ0n) is 37.3. The van der Waals surface area contributed by atoms with Gasteiger partial charge in [-0.25, -0.2) is 0 Å². The van der Waals surface area contributed by atoms with Crippen molar-refractivity contribution >= 4 is 14.7 Å². The molecule has 1 aliphatic rings. The summed E-state index contributed by atoms with van der Waals surface area (Å²) in [7, 11) is -6.46. The van der Waals surface area contributed by atoms with Crippen LogP contribution in [0.25, 0.3) is 0 Å². The van der Waals surface area contributed by atoms with Gasteiger partial charge in [-0.1, -0.05) is 114 Å². The van der Waals surface area contributed by atoms with Crippen molar-refractivity contribution in [1.29, 1.82) is 0 Å². The maximum atomic E-state index is 14.1. The molecule has 3 atom stereocenters. The van der Waals surface area contributed by atoms with Crippen molar-refractivity contribution < 1.29 is 37.9 Å². The van der Waals surface area contributed by atoms with Crippen molar-refractivity contribution in [2.24, 2.45) is 0 Å². The van der Waals surface area contributed by atoms with Crippen molar-refractivity contribution in [3.05, 3.63) is 179 Å². The normalized spacial score (nSPS) is 18.9. The lowest BCUT2D eigenvalue weighted by Gasteiger charge is -2.33. The Balaban J connectivity index is 0.945. The first-order valence-electron chi connectivity index (χ1n) is 20.9. The largest absolute Gasteiger partial charge is 0.508 e. The van der Waals surface area contributed by atoms with Gasteiger partial charge in [-0.05, 0) is 127 Å². The highest BCUT2D eigenvalue weighted by Gasteiger charge is 2.68. The van der Waals surface area contributed by atoms with Crippen molar-refractivity contribution in [3.8, 4) is 34.5 Å². The summed E-state index contributed by atoms with van der Waals surface area (Å²) < 4.78 is 52.8. The first-order valence-corrected chi connectivity index (χ1v) is 24.8. The number of ether oxygens (including phenoxy) is 2. The fraction of sp³-hybridized carbons (Fsp3) is 0.308. The molecular formula is C52H58O8P2. The molecule has 0 saturated carbocycles. The van der Waals surface area contributed by atoms with Crippen molar-refractivity contribution in [2.45, 2.75) is 89.2 Å². The molecule has 0 bridgehead atoms. The lowest BCUT2D eigenvalue weighted by Crippen LogP contribution is -2.30. The molecule has 0 amide bonds. The van der Waals surface area contributed by atoms with E-state index in [-0.39, 0.29) is 27.7 Å². The predicted octanol–water partition coefficient (Wildman–Crippen LogP) is 13.6. The van der Waals surface area contributed by atoms with Gasteiger partial charge in [0.2, 0.25) is 5.34 Å². The summed E-state index contributed by atoms with van der Waals surface area (Å²) in [5, 5.41) is 17.4. The molecule has 6 aromatic carbocycles. The minimum atomic E-state index is -3.35. The van der Waals surface area contributed by atoms with E-state index in [0.29, 0.717) is 29.2 Å². The van der Waals surface area contributed by atoms with Crippen LogP contribution in [0.2, 0.25) is 0 Å². The zero-order chi connectivity index (χ0) is 44.9. The van der Waals surface area contributed by atoms with Crippen LogP contribution in [0.4, 0.5) is 0 Å². The van der Waals surface area contributed by atoms with Crippen molar-refractivity contribution in [3.63, 3.8) is 0 Å². The Kier molecular flexibility index (Phi) is 11.6. The third-order valence-electron chi connectivity index (χ3n) is 12.8. The Bertz CT molecular complexity index is 2610. The molecule has 1 saturated heterocycles. The molecule has 0 spiro atoms.